The number of aromatic nitrogens is 4. The Labute approximate surface area is 281 Å². The van der Waals surface area contributed by atoms with Gasteiger partial charge in [-0.1, -0.05) is 13.8 Å². The van der Waals surface area contributed by atoms with Crippen molar-refractivity contribution in [2.45, 2.75) is 82.6 Å². The van der Waals surface area contributed by atoms with Crippen LogP contribution in [0.4, 0.5) is 0 Å². The average molecular weight is 692 g/mol. The molecule has 0 saturated carbocycles. The van der Waals surface area contributed by atoms with E-state index < -0.39 is 90.6 Å². The van der Waals surface area contributed by atoms with Gasteiger partial charge in [0.15, 0.2) is 0 Å². The van der Waals surface area contributed by atoms with Crippen molar-refractivity contribution in [3.8, 4) is 0 Å². The van der Waals surface area contributed by atoms with Crippen LogP contribution in [0.15, 0.2) is 25.0 Å². The highest BCUT2D eigenvalue weighted by Crippen LogP contribution is 2.08. The Balaban J connectivity index is 2.11. The SMILES string of the molecule is CC(C)[C@H](NC(=O)[C@H](CC(=O)O)NC(=O)CNC(=O)[C@@H](N)Cc1cnc[nH]1)C(=O)N[C@@H](Cc1cnc[nH]1)C(=O)N[C@@H](CCCCN)C(=O)O. The molecule has 270 valence electrons. The topological polar surface area (TPSA) is 329 Å². The largest absolute Gasteiger partial charge is 0.481 e. The second kappa shape index (κ2) is 20.1. The van der Waals surface area contributed by atoms with E-state index in [2.05, 4.69) is 46.5 Å². The van der Waals surface area contributed by atoms with Gasteiger partial charge in [0.2, 0.25) is 29.5 Å². The van der Waals surface area contributed by atoms with Gasteiger partial charge in [-0.25, -0.2) is 14.8 Å². The average Bonchev–Trinajstić information content (AvgIpc) is 3.75. The minimum Gasteiger partial charge on any atom is -0.481 e. The number of nitrogens with zero attached hydrogens (tertiary/aromatic N) is 2. The molecule has 20 heteroatoms. The van der Waals surface area contributed by atoms with Gasteiger partial charge in [0.05, 0.1) is 31.7 Å². The van der Waals surface area contributed by atoms with Crippen molar-refractivity contribution >= 4 is 41.5 Å². The van der Waals surface area contributed by atoms with E-state index in [1.807, 2.05) is 0 Å². The van der Waals surface area contributed by atoms with Crippen LogP contribution >= 0.6 is 0 Å². The number of amides is 5. The first-order valence-corrected chi connectivity index (χ1v) is 15.5. The molecule has 0 aromatic carbocycles. The zero-order chi connectivity index (χ0) is 36.5. The Morgan fingerprint density at radius 1 is 0.776 bits per heavy atom. The zero-order valence-corrected chi connectivity index (χ0v) is 27.2. The van der Waals surface area contributed by atoms with Crippen molar-refractivity contribution in [3.05, 3.63) is 36.4 Å². The van der Waals surface area contributed by atoms with Crippen LogP contribution in [-0.4, -0.2) is 115 Å². The van der Waals surface area contributed by atoms with Crippen molar-refractivity contribution in [2.24, 2.45) is 17.4 Å². The first-order chi connectivity index (χ1) is 23.2. The number of H-pyrrole nitrogens is 2. The van der Waals surface area contributed by atoms with Gasteiger partial charge < -0.3 is 58.2 Å². The molecule has 5 atom stereocenters. The molecule has 0 aliphatic rings. The Hall–Kier alpha value is -5.37. The van der Waals surface area contributed by atoms with Gasteiger partial charge in [-0.05, 0) is 31.7 Å². The monoisotopic (exact) mass is 691 g/mol. The third-order valence-corrected chi connectivity index (χ3v) is 7.21. The molecule has 0 fully saturated rings. The van der Waals surface area contributed by atoms with Gasteiger partial charge in [0.1, 0.15) is 24.2 Å². The molecule has 2 heterocycles. The third-order valence-electron chi connectivity index (χ3n) is 7.21. The predicted octanol–water partition coefficient (Wildman–Crippen LogP) is -3.36. The minimum absolute atomic E-state index is 0.103. The molecule has 2 aromatic rings. The number of carboxylic acids is 2. The summed E-state index contributed by atoms with van der Waals surface area (Å²) in [5.41, 5.74) is 12.4. The molecular formula is C29H45N11O9. The molecule has 49 heavy (non-hydrogen) atoms. The van der Waals surface area contributed by atoms with Gasteiger partial charge in [-0.2, -0.15) is 0 Å². The van der Waals surface area contributed by atoms with E-state index >= 15 is 0 Å². The summed E-state index contributed by atoms with van der Waals surface area (Å²) >= 11 is 0. The maximum absolute atomic E-state index is 13.5. The minimum atomic E-state index is -1.65. The standard InChI is InChI=1S/C29H45N11O9/c1-15(2)24(28(47)39-20(8-17-11-33-14-36-17)26(45)38-19(29(48)49)5-3-4-6-30)40-27(46)21(9-23(42)43)37-22(41)12-34-25(44)18(31)7-16-10-32-13-35-16/h10-11,13-15,18-21,24H,3-9,12,30-31H2,1-2H3,(H,32,35)(H,33,36)(H,34,44)(H,37,41)(H,38,45)(H,39,47)(H,40,46)(H,42,43)(H,48,49)/t18-,19-,20-,21-,24-/m0/s1. The fourth-order valence-corrected chi connectivity index (χ4v) is 4.55. The molecule has 0 bridgehead atoms. The fraction of sp³-hybridized carbons (Fsp3) is 0.552. The van der Waals surface area contributed by atoms with Crippen LogP contribution in [0.2, 0.25) is 0 Å². The number of hydrogen-bond acceptors (Lipinski definition) is 11. The van der Waals surface area contributed by atoms with Crippen LogP contribution in [0, 0.1) is 5.92 Å². The Morgan fingerprint density at radius 2 is 1.37 bits per heavy atom. The number of rotatable bonds is 22. The van der Waals surface area contributed by atoms with Crippen molar-refractivity contribution in [1.29, 1.82) is 0 Å². The summed E-state index contributed by atoms with van der Waals surface area (Å²) in [5, 5.41) is 30.9. The highest BCUT2D eigenvalue weighted by atomic mass is 16.4. The molecule has 0 aliphatic carbocycles. The number of hydrogen-bond donors (Lipinski definition) is 11. The van der Waals surface area contributed by atoms with E-state index in [9.17, 15) is 43.8 Å². The summed E-state index contributed by atoms with van der Waals surface area (Å²) in [4.78, 5) is 102. The Bertz CT molecular complexity index is 1400. The maximum Gasteiger partial charge on any atom is 0.326 e. The fourth-order valence-electron chi connectivity index (χ4n) is 4.55. The van der Waals surface area contributed by atoms with E-state index in [-0.39, 0.29) is 19.3 Å². The number of carboxylic acid groups (broad SMARTS) is 2. The Kier molecular flexibility index (Phi) is 16.3. The molecule has 0 radical (unpaired) electrons. The van der Waals surface area contributed by atoms with E-state index in [4.69, 9.17) is 11.5 Å². The lowest BCUT2D eigenvalue weighted by Crippen LogP contribution is -2.60. The molecular weight excluding hydrogens is 646 g/mol. The van der Waals surface area contributed by atoms with E-state index in [0.29, 0.717) is 30.8 Å². The highest BCUT2D eigenvalue weighted by molar-refractivity contribution is 5.97. The number of aliphatic carboxylic acids is 2. The lowest BCUT2D eigenvalue weighted by molar-refractivity contribution is -0.142. The molecule has 0 spiro atoms. The maximum atomic E-state index is 13.5. The second-order valence-corrected chi connectivity index (χ2v) is 11.6. The van der Waals surface area contributed by atoms with Crippen LogP contribution in [0.25, 0.3) is 0 Å². The molecule has 2 rings (SSSR count). The summed E-state index contributed by atoms with van der Waals surface area (Å²) < 4.78 is 0. The number of carbonyl (C=O) groups is 7. The number of carbonyl (C=O) groups excluding carboxylic acids is 5. The summed E-state index contributed by atoms with van der Waals surface area (Å²) in [7, 11) is 0. The summed E-state index contributed by atoms with van der Waals surface area (Å²) in [6, 6.07) is -6.55. The third kappa shape index (κ3) is 14.1. The quantitative estimate of drug-likeness (QED) is 0.0538. The van der Waals surface area contributed by atoms with Crippen LogP contribution in [0.5, 0.6) is 0 Å². The zero-order valence-electron chi connectivity index (χ0n) is 27.2. The summed E-state index contributed by atoms with van der Waals surface area (Å²) in [6.07, 6.45) is 5.88. The van der Waals surface area contributed by atoms with Crippen molar-refractivity contribution < 1.29 is 43.8 Å². The molecule has 0 unspecified atom stereocenters. The lowest BCUT2D eigenvalue weighted by atomic mass is 10.0. The summed E-state index contributed by atoms with van der Waals surface area (Å²) in [6.45, 7) is 2.88. The van der Waals surface area contributed by atoms with E-state index in [0.717, 1.165) is 0 Å². The van der Waals surface area contributed by atoms with E-state index in [1.54, 1.807) is 13.8 Å². The molecule has 2 aromatic heterocycles. The van der Waals surface area contributed by atoms with Crippen LogP contribution in [-0.2, 0) is 46.4 Å². The first kappa shape index (κ1) is 39.8. The normalized spacial score (nSPS) is 14.1. The van der Waals surface area contributed by atoms with Gasteiger partial charge in [0, 0.05) is 36.6 Å². The molecule has 13 N–H and O–H groups in total. The van der Waals surface area contributed by atoms with Gasteiger partial charge in [-0.15, -0.1) is 0 Å². The van der Waals surface area contributed by atoms with Gasteiger partial charge in [-0.3, -0.25) is 28.8 Å². The molecule has 0 aliphatic heterocycles. The number of nitrogens with two attached hydrogens (primary N) is 2. The number of nitrogens with one attached hydrogen (secondary N) is 7. The van der Waals surface area contributed by atoms with Crippen molar-refractivity contribution in [1.82, 2.24) is 46.5 Å². The van der Waals surface area contributed by atoms with Crippen molar-refractivity contribution in [2.75, 3.05) is 13.1 Å². The van der Waals surface area contributed by atoms with Gasteiger partial charge >= 0.3 is 11.9 Å². The number of unbranched alkanes of at least 4 members (excludes halogenated alkanes) is 1. The predicted molar refractivity (Wildman–Crippen MR) is 171 cm³/mol. The van der Waals surface area contributed by atoms with Crippen LogP contribution in [0.3, 0.4) is 0 Å². The Morgan fingerprint density at radius 3 is 1.90 bits per heavy atom. The molecule has 5 amide bonds. The van der Waals surface area contributed by atoms with Crippen molar-refractivity contribution in [3.63, 3.8) is 0 Å². The lowest BCUT2D eigenvalue weighted by Gasteiger charge is -2.27. The summed E-state index contributed by atoms with van der Waals surface area (Å²) in [5.74, 6) is -7.55. The number of imidazole rings is 2. The van der Waals surface area contributed by atoms with Crippen LogP contribution in [0.1, 0.15) is 50.9 Å². The van der Waals surface area contributed by atoms with E-state index in [1.165, 1.54) is 25.0 Å². The molecule has 0 saturated heterocycles. The van der Waals surface area contributed by atoms with Gasteiger partial charge in [0.25, 0.3) is 0 Å². The number of aromatic amines is 2. The smallest absolute Gasteiger partial charge is 0.326 e. The van der Waals surface area contributed by atoms with Crippen LogP contribution < -0.4 is 38.1 Å². The molecule has 20 nitrogen and oxygen atoms in total. The highest BCUT2D eigenvalue weighted by Gasteiger charge is 2.33. The first-order valence-electron chi connectivity index (χ1n) is 15.5. The second-order valence-electron chi connectivity index (χ2n) is 11.6.